The second kappa shape index (κ2) is 9.80. The molecule has 1 aromatic carbocycles. The smallest absolute Gasteiger partial charge is 0.308 e. The van der Waals surface area contributed by atoms with Crippen LogP contribution in [0.5, 0.6) is 0 Å². The molecule has 0 aliphatic carbocycles. The Morgan fingerprint density at radius 1 is 1.38 bits per heavy atom. The third-order valence-electron chi connectivity index (χ3n) is 5.02. The summed E-state index contributed by atoms with van der Waals surface area (Å²) in [6.07, 6.45) is 1.58. The van der Waals surface area contributed by atoms with Gasteiger partial charge in [-0.2, -0.15) is 0 Å². The zero-order valence-electron chi connectivity index (χ0n) is 16.3. The zero-order valence-corrected chi connectivity index (χ0v) is 17.1. The topological polar surface area (TPSA) is 97.0 Å². The highest BCUT2D eigenvalue weighted by atomic mass is 32.1. The predicted octanol–water partition coefficient (Wildman–Crippen LogP) is 0.922. The molecule has 2 atom stereocenters. The lowest BCUT2D eigenvalue weighted by molar-refractivity contribution is -0.150. The fraction of sp³-hybridized carbons (Fsp3) is 0.500. The van der Waals surface area contributed by atoms with Crippen molar-refractivity contribution in [3.63, 3.8) is 0 Å². The first-order valence-electron chi connectivity index (χ1n) is 9.68. The van der Waals surface area contributed by atoms with Crippen molar-refractivity contribution < 1.29 is 23.9 Å². The molecule has 2 heterocycles. The lowest BCUT2D eigenvalue weighted by atomic mass is 10.1. The summed E-state index contributed by atoms with van der Waals surface area (Å²) in [5.41, 5.74) is 1.32. The van der Waals surface area contributed by atoms with Crippen LogP contribution in [0.2, 0.25) is 0 Å². The molecule has 156 valence electrons. The molecule has 0 saturated carbocycles. The molecule has 2 aliphatic rings. The number of thiocarbonyl (C=S) groups is 1. The summed E-state index contributed by atoms with van der Waals surface area (Å²) in [6.45, 7) is 3.46. The summed E-state index contributed by atoms with van der Waals surface area (Å²) < 4.78 is 10.7. The first kappa shape index (κ1) is 21.2. The maximum atomic E-state index is 12.5. The van der Waals surface area contributed by atoms with Gasteiger partial charge in [-0.25, -0.2) is 0 Å². The minimum Gasteiger partial charge on any atom is -0.463 e. The van der Waals surface area contributed by atoms with Gasteiger partial charge < -0.3 is 19.7 Å². The molecule has 2 aliphatic heterocycles. The van der Waals surface area contributed by atoms with Crippen molar-refractivity contribution in [2.75, 3.05) is 26.3 Å². The number of piperazine rings is 1. The van der Waals surface area contributed by atoms with Crippen LogP contribution in [0.25, 0.3) is 0 Å². The molecular formula is C20H25N3O5S. The van der Waals surface area contributed by atoms with Crippen LogP contribution in [-0.4, -0.2) is 66.2 Å². The monoisotopic (exact) mass is 419 g/mol. The van der Waals surface area contributed by atoms with Crippen LogP contribution in [0.15, 0.2) is 24.3 Å². The molecular weight excluding hydrogens is 394 g/mol. The van der Waals surface area contributed by atoms with Crippen molar-refractivity contribution in [3.8, 4) is 0 Å². The first-order valence-corrected chi connectivity index (χ1v) is 10.1. The number of ether oxygens (including phenoxy) is 2. The SMILES string of the molecule is Cc1ccccc1C(=O)NC(=S)N1CCNC(=O)[C@H]1CC(=O)OC[C@@H]1CCCO1. The van der Waals surface area contributed by atoms with Crippen molar-refractivity contribution >= 4 is 35.1 Å². The number of hydrogen-bond acceptors (Lipinski definition) is 6. The number of aryl methyl sites for hydroxylation is 1. The molecule has 2 amide bonds. The van der Waals surface area contributed by atoms with Crippen LogP contribution in [0.1, 0.15) is 35.2 Å². The average Bonchev–Trinajstić information content (AvgIpc) is 3.22. The minimum atomic E-state index is -0.828. The molecule has 0 spiro atoms. The van der Waals surface area contributed by atoms with E-state index in [4.69, 9.17) is 21.7 Å². The molecule has 0 aromatic heterocycles. The molecule has 9 heteroatoms. The number of benzene rings is 1. The van der Waals surface area contributed by atoms with E-state index in [9.17, 15) is 14.4 Å². The lowest BCUT2D eigenvalue weighted by Crippen LogP contribution is -2.60. The van der Waals surface area contributed by atoms with Crippen molar-refractivity contribution in [2.45, 2.75) is 38.3 Å². The van der Waals surface area contributed by atoms with Crippen LogP contribution in [0.3, 0.4) is 0 Å². The zero-order chi connectivity index (χ0) is 20.8. The summed E-state index contributed by atoms with van der Waals surface area (Å²) in [7, 11) is 0. The van der Waals surface area contributed by atoms with Gasteiger partial charge in [0.2, 0.25) is 5.91 Å². The van der Waals surface area contributed by atoms with Gasteiger partial charge >= 0.3 is 5.97 Å². The Balaban J connectivity index is 1.60. The summed E-state index contributed by atoms with van der Waals surface area (Å²) in [5, 5.41) is 5.52. The van der Waals surface area contributed by atoms with E-state index in [0.717, 1.165) is 18.4 Å². The molecule has 3 rings (SSSR count). The van der Waals surface area contributed by atoms with Gasteiger partial charge in [0.05, 0.1) is 12.5 Å². The first-order chi connectivity index (χ1) is 14.0. The second-order valence-corrected chi connectivity index (χ2v) is 7.48. The molecule has 2 saturated heterocycles. The van der Waals surface area contributed by atoms with E-state index in [0.29, 0.717) is 25.3 Å². The molecule has 1 aromatic rings. The van der Waals surface area contributed by atoms with Crippen LogP contribution in [0, 0.1) is 6.92 Å². The number of nitrogens with one attached hydrogen (secondary N) is 2. The van der Waals surface area contributed by atoms with Crippen molar-refractivity contribution in [1.82, 2.24) is 15.5 Å². The molecule has 0 bridgehead atoms. The van der Waals surface area contributed by atoms with E-state index in [1.807, 2.05) is 19.1 Å². The number of hydrogen-bond donors (Lipinski definition) is 2. The Morgan fingerprint density at radius 3 is 2.90 bits per heavy atom. The van der Waals surface area contributed by atoms with E-state index < -0.39 is 12.0 Å². The number of rotatable bonds is 5. The standard InChI is InChI=1S/C20H25N3O5S/c1-13-5-2-3-7-15(13)18(25)22-20(29)23-9-8-21-19(26)16(23)11-17(24)28-12-14-6-4-10-27-14/h2-3,5,7,14,16H,4,6,8-12H2,1H3,(H,21,26)(H,22,25,29)/t14-,16+/m0/s1. The van der Waals surface area contributed by atoms with E-state index in [1.165, 1.54) is 0 Å². The van der Waals surface area contributed by atoms with Gasteiger partial charge in [0, 0.05) is 25.3 Å². The third-order valence-corrected chi connectivity index (χ3v) is 5.35. The van der Waals surface area contributed by atoms with Crippen molar-refractivity contribution in [1.29, 1.82) is 0 Å². The highest BCUT2D eigenvalue weighted by Gasteiger charge is 2.34. The highest BCUT2D eigenvalue weighted by molar-refractivity contribution is 7.80. The van der Waals surface area contributed by atoms with Gasteiger partial charge in [0.1, 0.15) is 12.6 Å². The number of nitrogens with zero attached hydrogens (tertiary/aromatic N) is 1. The van der Waals surface area contributed by atoms with Crippen molar-refractivity contribution in [3.05, 3.63) is 35.4 Å². The number of carbonyl (C=O) groups is 3. The van der Waals surface area contributed by atoms with Gasteiger partial charge in [-0.3, -0.25) is 19.7 Å². The second-order valence-electron chi connectivity index (χ2n) is 7.10. The van der Waals surface area contributed by atoms with Gasteiger partial charge in [-0.05, 0) is 43.6 Å². The summed E-state index contributed by atoms with van der Waals surface area (Å²) in [6, 6.07) is 6.32. The Hall–Kier alpha value is -2.52. The molecule has 8 nitrogen and oxygen atoms in total. The maximum Gasteiger partial charge on any atom is 0.308 e. The van der Waals surface area contributed by atoms with E-state index in [2.05, 4.69) is 10.6 Å². The quantitative estimate of drug-likeness (QED) is 0.541. The van der Waals surface area contributed by atoms with Gasteiger partial charge in [0.15, 0.2) is 5.11 Å². The number of amides is 2. The summed E-state index contributed by atoms with van der Waals surface area (Å²) in [4.78, 5) is 38.7. The highest BCUT2D eigenvalue weighted by Crippen LogP contribution is 2.15. The molecule has 0 unspecified atom stereocenters. The van der Waals surface area contributed by atoms with Crippen LogP contribution < -0.4 is 10.6 Å². The van der Waals surface area contributed by atoms with E-state index in [1.54, 1.807) is 17.0 Å². The summed E-state index contributed by atoms with van der Waals surface area (Å²) in [5.74, 6) is -1.17. The van der Waals surface area contributed by atoms with E-state index >= 15 is 0 Å². The lowest BCUT2D eigenvalue weighted by Gasteiger charge is -2.36. The van der Waals surface area contributed by atoms with E-state index in [-0.39, 0.29) is 36.1 Å². The Bertz CT molecular complexity index is 794. The number of carbonyl (C=O) groups excluding carboxylic acids is 3. The van der Waals surface area contributed by atoms with Gasteiger partial charge in [-0.1, -0.05) is 18.2 Å². The van der Waals surface area contributed by atoms with Crippen LogP contribution >= 0.6 is 12.2 Å². The Kier molecular flexibility index (Phi) is 7.16. The summed E-state index contributed by atoms with van der Waals surface area (Å²) >= 11 is 5.37. The maximum absolute atomic E-state index is 12.5. The largest absolute Gasteiger partial charge is 0.463 e. The Morgan fingerprint density at radius 2 is 2.17 bits per heavy atom. The Labute approximate surface area is 174 Å². The predicted molar refractivity (Wildman–Crippen MR) is 109 cm³/mol. The van der Waals surface area contributed by atoms with Crippen molar-refractivity contribution in [2.24, 2.45) is 0 Å². The van der Waals surface area contributed by atoms with Gasteiger partial charge in [0.25, 0.3) is 5.91 Å². The van der Waals surface area contributed by atoms with Gasteiger partial charge in [-0.15, -0.1) is 0 Å². The molecule has 2 fully saturated rings. The fourth-order valence-electron chi connectivity index (χ4n) is 3.40. The van der Waals surface area contributed by atoms with Crippen LogP contribution in [0.4, 0.5) is 0 Å². The number of esters is 1. The third kappa shape index (κ3) is 5.51. The normalized spacial score (nSPS) is 21.4. The fourth-order valence-corrected chi connectivity index (χ4v) is 3.71. The molecule has 2 N–H and O–H groups in total. The van der Waals surface area contributed by atoms with Crippen LogP contribution in [-0.2, 0) is 19.1 Å². The molecule has 0 radical (unpaired) electrons. The minimum absolute atomic E-state index is 0.0790. The average molecular weight is 420 g/mol. The molecule has 29 heavy (non-hydrogen) atoms.